The molecule has 0 radical (unpaired) electrons. The molecule has 1 atom stereocenters. The number of nitrogens with one attached hydrogen (secondary N) is 1. The Labute approximate surface area is 127 Å². The summed E-state index contributed by atoms with van der Waals surface area (Å²) >= 11 is 0. The van der Waals surface area contributed by atoms with Crippen LogP contribution in [0.25, 0.3) is 0 Å². The van der Waals surface area contributed by atoms with Crippen molar-refractivity contribution in [1.29, 1.82) is 0 Å². The molecule has 2 aromatic carbocycles. The second kappa shape index (κ2) is 7.39. The highest BCUT2D eigenvalue weighted by molar-refractivity contribution is 5.36. The molecule has 2 nitrogen and oxygen atoms in total. The Hall–Kier alpha value is -1.64. The first-order chi connectivity index (χ1) is 10.1. The van der Waals surface area contributed by atoms with Crippen molar-refractivity contribution in [2.75, 3.05) is 6.61 Å². The molecule has 0 heterocycles. The van der Waals surface area contributed by atoms with E-state index in [9.17, 15) is 5.11 Å². The highest BCUT2D eigenvalue weighted by atomic mass is 16.3. The van der Waals surface area contributed by atoms with Crippen LogP contribution >= 0.6 is 0 Å². The van der Waals surface area contributed by atoms with E-state index in [2.05, 4.69) is 50.4 Å². The summed E-state index contributed by atoms with van der Waals surface area (Å²) in [6, 6.07) is 14.9. The normalized spacial score (nSPS) is 12.4. The van der Waals surface area contributed by atoms with Crippen LogP contribution in [0.15, 0.2) is 42.5 Å². The molecule has 112 valence electrons. The Morgan fingerprint density at radius 2 is 1.62 bits per heavy atom. The largest absolute Gasteiger partial charge is 0.395 e. The smallest absolute Gasteiger partial charge is 0.0587 e. The van der Waals surface area contributed by atoms with Crippen molar-refractivity contribution < 1.29 is 5.11 Å². The van der Waals surface area contributed by atoms with Gasteiger partial charge in [-0.05, 0) is 55.0 Å². The fourth-order valence-electron chi connectivity index (χ4n) is 2.56. The average Bonchev–Trinajstić information content (AvgIpc) is 2.49. The molecular formula is C19H25NO. The van der Waals surface area contributed by atoms with E-state index >= 15 is 0 Å². The van der Waals surface area contributed by atoms with Crippen LogP contribution in [0, 0.1) is 20.8 Å². The van der Waals surface area contributed by atoms with E-state index in [-0.39, 0.29) is 12.6 Å². The summed E-state index contributed by atoms with van der Waals surface area (Å²) in [5.74, 6) is 0. The number of aliphatic hydroxyl groups is 1. The van der Waals surface area contributed by atoms with Gasteiger partial charge in [-0.3, -0.25) is 0 Å². The van der Waals surface area contributed by atoms with Gasteiger partial charge in [-0.2, -0.15) is 0 Å². The lowest BCUT2D eigenvalue weighted by molar-refractivity contribution is 0.240. The fraction of sp³-hybridized carbons (Fsp3) is 0.368. The maximum atomic E-state index is 9.57. The molecule has 2 rings (SSSR count). The van der Waals surface area contributed by atoms with Gasteiger partial charge in [0, 0.05) is 12.6 Å². The van der Waals surface area contributed by atoms with Crippen LogP contribution < -0.4 is 5.32 Å². The first kappa shape index (κ1) is 15.7. The molecule has 2 aromatic rings. The minimum Gasteiger partial charge on any atom is -0.395 e. The van der Waals surface area contributed by atoms with Crippen molar-refractivity contribution in [2.24, 2.45) is 0 Å². The predicted octanol–water partition coefficient (Wildman–Crippen LogP) is 3.31. The summed E-state index contributed by atoms with van der Waals surface area (Å²) in [7, 11) is 0. The van der Waals surface area contributed by atoms with Crippen molar-refractivity contribution in [3.05, 3.63) is 70.3 Å². The van der Waals surface area contributed by atoms with Gasteiger partial charge in [0.1, 0.15) is 0 Å². The molecule has 2 heteroatoms. The summed E-state index contributed by atoms with van der Waals surface area (Å²) in [5.41, 5.74) is 6.52. The number of benzene rings is 2. The zero-order chi connectivity index (χ0) is 15.2. The summed E-state index contributed by atoms with van der Waals surface area (Å²) in [5, 5.41) is 13.0. The van der Waals surface area contributed by atoms with Gasteiger partial charge < -0.3 is 10.4 Å². The maximum Gasteiger partial charge on any atom is 0.0587 e. The molecule has 2 N–H and O–H groups in total. The minimum absolute atomic E-state index is 0.0911. The zero-order valence-electron chi connectivity index (χ0n) is 13.2. The lowest BCUT2D eigenvalue weighted by atomic mass is 10.00. The topological polar surface area (TPSA) is 32.3 Å². The minimum atomic E-state index is 0.0911. The summed E-state index contributed by atoms with van der Waals surface area (Å²) in [6.45, 7) is 7.38. The van der Waals surface area contributed by atoms with Crippen LogP contribution in [0.1, 0.15) is 27.8 Å². The molecule has 0 unspecified atom stereocenters. The third kappa shape index (κ3) is 4.42. The van der Waals surface area contributed by atoms with Gasteiger partial charge in [-0.25, -0.2) is 0 Å². The fourth-order valence-corrected chi connectivity index (χ4v) is 2.56. The molecule has 0 fully saturated rings. The van der Waals surface area contributed by atoms with E-state index in [1.165, 1.54) is 27.8 Å². The molecule has 0 aliphatic carbocycles. The first-order valence-electron chi connectivity index (χ1n) is 7.55. The third-order valence-electron chi connectivity index (χ3n) is 4.08. The molecule has 0 bridgehead atoms. The number of hydrogen-bond donors (Lipinski definition) is 2. The van der Waals surface area contributed by atoms with E-state index in [1.54, 1.807) is 0 Å². The van der Waals surface area contributed by atoms with E-state index in [1.807, 2.05) is 18.2 Å². The van der Waals surface area contributed by atoms with Crippen LogP contribution in [0.4, 0.5) is 0 Å². The van der Waals surface area contributed by atoms with Gasteiger partial charge in [0.2, 0.25) is 0 Å². The number of aliphatic hydroxyl groups excluding tert-OH is 1. The van der Waals surface area contributed by atoms with Gasteiger partial charge in [-0.15, -0.1) is 0 Å². The highest BCUT2D eigenvalue weighted by Gasteiger charge is 2.09. The van der Waals surface area contributed by atoms with Gasteiger partial charge in [-0.1, -0.05) is 42.5 Å². The Morgan fingerprint density at radius 1 is 0.952 bits per heavy atom. The van der Waals surface area contributed by atoms with Crippen molar-refractivity contribution in [2.45, 2.75) is 39.8 Å². The first-order valence-corrected chi connectivity index (χ1v) is 7.55. The molecule has 0 spiro atoms. The molecule has 0 aliphatic rings. The predicted molar refractivity (Wildman–Crippen MR) is 88.5 cm³/mol. The van der Waals surface area contributed by atoms with Gasteiger partial charge in [0.05, 0.1) is 6.61 Å². The Balaban J connectivity index is 1.99. The van der Waals surface area contributed by atoms with Crippen molar-refractivity contribution >= 4 is 0 Å². The molecule has 0 saturated carbocycles. The van der Waals surface area contributed by atoms with E-state index in [0.29, 0.717) is 0 Å². The molecule has 21 heavy (non-hydrogen) atoms. The molecule has 0 amide bonds. The second-order valence-corrected chi connectivity index (χ2v) is 5.81. The quantitative estimate of drug-likeness (QED) is 0.852. The lowest BCUT2D eigenvalue weighted by Crippen LogP contribution is -2.34. The molecule has 0 aliphatic heterocycles. The number of aryl methyl sites for hydroxylation is 3. The number of rotatable bonds is 6. The Morgan fingerprint density at radius 3 is 2.29 bits per heavy atom. The third-order valence-corrected chi connectivity index (χ3v) is 4.08. The lowest BCUT2D eigenvalue weighted by Gasteiger charge is -2.18. The van der Waals surface area contributed by atoms with E-state index in [4.69, 9.17) is 0 Å². The van der Waals surface area contributed by atoms with Crippen molar-refractivity contribution in [1.82, 2.24) is 5.32 Å². The number of hydrogen-bond acceptors (Lipinski definition) is 2. The summed E-state index contributed by atoms with van der Waals surface area (Å²) in [4.78, 5) is 0. The van der Waals surface area contributed by atoms with Crippen molar-refractivity contribution in [3.63, 3.8) is 0 Å². The van der Waals surface area contributed by atoms with Crippen molar-refractivity contribution in [3.8, 4) is 0 Å². The van der Waals surface area contributed by atoms with E-state index in [0.717, 1.165) is 13.0 Å². The monoisotopic (exact) mass is 283 g/mol. The Bertz CT molecular complexity index is 578. The van der Waals surface area contributed by atoms with Gasteiger partial charge in [0.15, 0.2) is 0 Å². The van der Waals surface area contributed by atoms with E-state index < -0.39 is 0 Å². The SMILES string of the molecule is Cc1cc(C)c(CN[C@@H](CO)Cc2ccccc2)cc1C. The van der Waals surface area contributed by atoms with Crippen LogP contribution in [-0.4, -0.2) is 17.8 Å². The van der Waals surface area contributed by atoms with Crippen LogP contribution in [0.3, 0.4) is 0 Å². The standard InChI is InChI=1S/C19H25NO/c1-14-9-16(3)18(10-15(14)2)12-20-19(13-21)11-17-7-5-4-6-8-17/h4-10,19-21H,11-13H2,1-3H3/t19-/m1/s1. The van der Waals surface area contributed by atoms with Gasteiger partial charge in [0.25, 0.3) is 0 Å². The summed E-state index contributed by atoms with van der Waals surface area (Å²) < 4.78 is 0. The second-order valence-electron chi connectivity index (χ2n) is 5.81. The molecule has 0 saturated heterocycles. The molecular weight excluding hydrogens is 258 g/mol. The zero-order valence-corrected chi connectivity index (χ0v) is 13.2. The highest BCUT2D eigenvalue weighted by Crippen LogP contribution is 2.15. The average molecular weight is 283 g/mol. The van der Waals surface area contributed by atoms with Crippen LogP contribution in [0.2, 0.25) is 0 Å². The van der Waals surface area contributed by atoms with Crippen LogP contribution in [0.5, 0.6) is 0 Å². The Kier molecular flexibility index (Phi) is 5.54. The van der Waals surface area contributed by atoms with Gasteiger partial charge >= 0.3 is 0 Å². The maximum absolute atomic E-state index is 9.57. The molecule has 0 aromatic heterocycles. The van der Waals surface area contributed by atoms with Crippen LogP contribution in [-0.2, 0) is 13.0 Å². The summed E-state index contributed by atoms with van der Waals surface area (Å²) in [6.07, 6.45) is 0.848.